The Morgan fingerprint density at radius 2 is 0.746 bits per heavy atom. The van der Waals surface area contributed by atoms with Crippen molar-refractivity contribution in [3.05, 3.63) is 127 Å². The summed E-state index contributed by atoms with van der Waals surface area (Å²) in [6, 6.07) is 17.4. The molecule has 0 spiro atoms. The molecule has 2 atom stereocenters. The van der Waals surface area contributed by atoms with Gasteiger partial charge in [-0.3, -0.25) is 0 Å². The molecule has 3 aromatic carbocycles. The summed E-state index contributed by atoms with van der Waals surface area (Å²) in [6.45, 7) is 49.4. The Bertz CT molecular complexity index is 1750. The number of nitrogens with zero attached hydrogens (tertiary/aromatic N) is 2. The van der Waals surface area contributed by atoms with Crippen LogP contribution in [-0.2, 0) is 14.2 Å². The molecule has 2 aliphatic heterocycles. The Hall–Kier alpha value is -3.42. The molecule has 0 radical (unpaired) electrons. The molecule has 8 rings (SSSR count). The van der Waals surface area contributed by atoms with Gasteiger partial charge in [0.1, 0.15) is 5.82 Å². The molecule has 1 aliphatic carbocycles. The molecule has 3 fully saturated rings. The highest BCUT2D eigenvalue weighted by Crippen LogP contribution is 2.27. The number of hydrogen-bond donors (Lipinski definition) is 0. The average Bonchev–Trinajstić information content (AvgIpc) is 3.72. The van der Waals surface area contributed by atoms with Crippen molar-refractivity contribution in [2.75, 3.05) is 19.8 Å². The topological polar surface area (TPSA) is 53.5 Å². The van der Waals surface area contributed by atoms with Gasteiger partial charge in [0.15, 0.2) is 6.29 Å². The molecule has 67 heavy (non-hydrogen) atoms. The summed E-state index contributed by atoms with van der Waals surface area (Å²) < 4.78 is 15.7. The van der Waals surface area contributed by atoms with E-state index in [1.165, 1.54) is 104 Å². The van der Waals surface area contributed by atoms with Gasteiger partial charge in [0.2, 0.25) is 0 Å². The zero-order valence-corrected chi connectivity index (χ0v) is 47.9. The summed E-state index contributed by atoms with van der Waals surface area (Å²) in [7, 11) is 0. The van der Waals surface area contributed by atoms with Crippen LogP contribution in [-0.4, -0.2) is 42.2 Å². The van der Waals surface area contributed by atoms with E-state index in [-0.39, 0.29) is 6.29 Å². The molecular weight excluding hydrogens is 841 g/mol. The van der Waals surface area contributed by atoms with Crippen molar-refractivity contribution in [3.8, 4) is 0 Å². The van der Waals surface area contributed by atoms with Gasteiger partial charge in [0.05, 0.1) is 19.3 Å². The van der Waals surface area contributed by atoms with Gasteiger partial charge in [-0.1, -0.05) is 129 Å². The van der Waals surface area contributed by atoms with Crippen LogP contribution in [0.2, 0.25) is 0 Å². The Balaban J connectivity index is 0.000000755. The molecule has 2 unspecified atom stereocenters. The monoisotopic (exact) mass is 941 g/mol. The number of benzene rings is 3. The average molecular weight is 942 g/mol. The maximum Gasteiger partial charge on any atom is 0.154 e. The van der Waals surface area contributed by atoms with Gasteiger partial charge >= 0.3 is 0 Å². The van der Waals surface area contributed by atoms with Crippen LogP contribution in [0.3, 0.4) is 0 Å². The minimum absolute atomic E-state index is 0.0196. The molecule has 2 saturated heterocycles. The highest BCUT2D eigenvalue weighted by atomic mass is 32.1. The van der Waals surface area contributed by atoms with Crippen molar-refractivity contribution in [2.45, 2.75) is 203 Å². The molecule has 0 bridgehead atoms. The number of thiophene rings is 1. The normalized spacial score (nSPS) is 20.3. The zero-order chi connectivity index (χ0) is 51.2. The van der Waals surface area contributed by atoms with Gasteiger partial charge < -0.3 is 14.2 Å². The molecule has 5 aromatic rings. The molecule has 378 valence electrons. The van der Waals surface area contributed by atoms with Crippen molar-refractivity contribution in [2.24, 2.45) is 23.7 Å². The summed E-state index contributed by atoms with van der Waals surface area (Å²) in [5, 5.41) is 2.67. The molecule has 0 amide bonds. The molecule has 3 aliphatic rings. The van der Waals surface area contributed by atoms with Crippen LogP contribution in [0.1, 0.15) is 173 Å². The quantitative estimate of drug-likeness (QED) is 0.155. The minimum atomic E-state index is 0.0196. The number of hydrogen-bond acceptors (Lipinski definition) is 6. The largest absolute Gasteiger partial charge is 0.378 e. The van der Waals surface area contributed by atoms with E-state index in [0.29, 0.717) is 12.0 Å². The zero-order valence-electron chi connectivity index (χ0n) is 47.1. The number of aromatic nitrogens is 2. The van der Waals surface area contributed by atoms with Crippen LogP contribution < -0.4 is 0 Å². The molecule has 0 N–H and O–H groups in total. The fourth-order valence-corrected chi connectivity index (χ4v) is 8.10. The van der Waals surface area contributed by atoms with E-state index in [2.05, 4.69) is 162 Å². The molecule has 6 heteroatoms. The van der Waals surface area contributed by atoms with Gasteiger partial charge in [0.25, 0.3) is 0 Å². The van der Waals surface area contributed by atoms with Crippen LogP contribution in [0.4, 0.5) is 0 Å². The summed E-state index contributed by atoms with van der Waals surface area (Å²) in [5.74, 6) is 4.24. The smallest absolute Gasteiger partial charge is 0.154 e. The van der Waals surface area contributed by atoms with E-state index in [0.717, 1.165) is 49.0 Å². The van der Waals surface area contributed by atoms with E-state index in [4.69, 9.17) is 14.2 Å². The SMILES string of the molecule is CC.CC.CC1CCC(C)CC1.CC1CCC(C)OC1.CC1COC(C)OC1.Cc1c(C)c(C)c(C)c(C)c1C.Cc1ccc(C)s1.Cc1ccc2cc(C)ccc2c1.Cc1cnc(C)nc1. The summed E-state index contributed by atoms with van der Waals surface area (Å²) in [5.41, 5.74) is 12.5. The van der Waals surface area contributed by atoms with Crippen molar-refractivity contribution in [1.29, 1.82) is 0 Å². The first-order chi connectivity index (χ1) is 31.7. The second kappa shape index (κ2) is 35.7. The fraction of sp³-hybridized carbons (Fsp3) is 0.607. The van der Waals surface area contributed by atoms with Gasteiger partial charge in [-0.2, -0.15) is 0 Å². The Morgan fingerprint density at radius 1 is 0.403 bits per heavy atom. The number of fused-ring (bicyclic) bond motifs is 1. The molecule has 5 nitrogen and oxygen atoms in total. The third-order valence-corrected chi connectivity index (χ3v) is 13.5. The lowest BCUT2D eigenvalue weighted by molar-refractivity contribution is -0.187. The number of aryl methyl sites for hydroxylation is 6. The van der Waals surface area contributed by atoms with Gasteiger partial charge in [0, 0.05) is 34.7 Å². The Labute approximate surface area is 417 Å². The fourth-order valence-electron chi connectivity index (χ4n) is 7.32. The molecule has 4 heterocycles. The van der Waals surface area contributed by atoms with Crippen molar-refractivity contribution >= 4 is 22.1 Å². The second-order valence-electron chi connectivity index (χ2n) is 19.1. The highest BCUT2D eigenvalue weighted by molar-refractivity contribution is 7.11. The van der Waals surface area contributed by atoms with Crippen LogP contribution in [0.15, 0.2) is 60.9 Å². The van der Waals surface area contributed by atoms with E-state index in [1.54, 1.807) is 0 Å². The lowest BCUT2D eigenvalue weighted by Gasteiger charge is -2.24. The first-order valence-corrected chi connectivity index (χ1v) is 26.6. The maximum absolute atomic E-state index is 5.39. The van der Waals surface area contributed by atoms with Crippen molar-refractivity contribution in [3.63, 3.8) is 0 Å². The summed E-state index contributed by atoms with van der Waals surface area (Å²) in [6.07, 6.45) is 12.6. The third-order valence-electron chi connectivity index (χ3n) is 12.6. The molecule has 1 saturated carbocycles. The lowest BCUT2D eigenvalue weighted by Crippen LogP contribution is -2.27. The van der Waals surface area contributed by atoms with Gasteiger partial charge in [-0.25, -0.2) is 9.97 Å². The predicted octanol–water partition coefficient (Wildman–Crippen LogP) is 18.2. The summed E-state index contributed by atoms with van der Waals surface area (Å²) >= 11 is 1.84. The van der Waals surface area contributed by atoms with Crippen molar-refractivity contribution < 1.29 is 14.2 Å². The van der Waals surface area contributed by atoms with E-state index in [9.17, 15) is 0 Å². The third kappa shape index (κ3) is 27.4. The Morgan fingerprint density at radius 3 is 1.01 bits per heavy atom. The van der Waals surface area contributed by atoms with Gasteiger partial charge in [-0.15, -0.1) is 11.3 Å². The molecular formula is C61H100N2O3S. The number of rotatable bonds is 0. The van der Waals surface area contributed by atoms with Crippen LogP contribution in [0.5, 0.6) is 0 Å². The molecule has 2 aromatic heterocycles. The van der Waals surface area contributed by atoms with E-state index >= 15 is 0 Å². The summed E-state index contributed by atoms with van der Waals surface area (Å²) in [4.78, 5) is 10.7. The van der Waals surface area contributed by atoms with Gasteiger partial charge in [-0.05, 0) is 189 Å². The van der Waals surface area contributed by atoms with Crippen molar-refractivity contribution in [1.82, 2.24) is 9.97 Å². The lowest BCUT2D eigenvalue weighted by atomic mass is 9.84. The predicted molar refractivity (Wildman–Crippen MR) is 297 cm³/mol. The first kappa shape index (κ1) is 63.6. The van der Waals surface area contributed by atoms with Crippen LogP contribution in [0, 0.1) is 107 Å². The Kier molecular flexibility index (Phi) is 33.8. The minimum Gasteiger partial charge on any atom is -0.378 e. The first-order valence-electron chi connectivity index (χ1n) is 25.8. The second-order valence-corrected chi connectivity index (χ2v) is 20.6. The number of ether oxygens (including phenoxy) is 3. The van der Waals surface area contributed by atoms with E-state index < -0.39 is 0 Å². The highest BCUT2D eigenvalue weighted by Gasteiger charge is 2.15. The van der Waals surface area contributed by atoms with E-state index in [1.807, 2.05) is 72.2 Å². The van der Waals surface area contributed by atoms with Crippen LogP contribution >= 0.6 is 11.3 Å². The standard InChI is InChI=1S/C12H12.C12H18.C8H16.C7H14O.C6H8N2.C6H12O2.C6H8S.2C2H6/c1-9-3-5-12-8-10(2)4-6-11(12)7-9;1-7-8(2)10(4)12(6)11(5)9(7)3;1-7-3-5-8(2)6-4-7;1-6-3-4-7(2)8-5-6;2*1-5-3-7-6(2)8-4-5;1-5-3-4-6(2)7-5;2*1-2/h3-8H,1-2H3;1-6H3;7-8H,3-6H2,1-2H3;6-7H,3-5H2,1-2H3;3-4H,1-2H3;5-6H,3-4H2,1-2H3;3-4H,1-2H3;2*1-2H3. The maximum atomic E-state index is 5.39. The van der Waals surface area contributed by atoms with Crippen LogP contribution in [0.25, 0.3) is 10.8 Å².